The molecule has 9 nitrogen and oxygen atoms in total. The molecule has 1 N–H and O–H groups in total. The molecule has 216 valence electrons. The SMILES string of the molecule is CC(C)[C@@H](C1CC(C)(O)C1)N1CC2(CCN(c3ncnnc3Oc3ccc(F)cc3-c3cncnc3C3CC3)C2)C1. The number of aromatic nitrogens is 5. The van der Waals surface area contributed by atoms with E-state index < -0.39 is 5.60 Å². The highest BCUT2D eigenvalue weighted by atomic mass is 19.1. The van der Waals surface area contributed by atoms with Crippen molar-refractivity contribution in [2.75, 3.05) is 31.1 Å². The predicted molar refractivity (Wildman–Crippen MR) is 152 cm³/mol. The van der Waals surface area contributed by atoms with E-state index in [0.29, 0.717) is 46.8 Å². The van der Waals surface area contributed by atoms with Gasteiger partial charge in [-0.1, -0.05) is 13.8 Å². The van der Waals surface area contributed by atoms with Crippen molar-refractivity contribution in [1.82, 2.24) is 30.0 Å². The van der Waals surface area contributed by atoms with E-state index in [1.54, 1.807) is 18.6 Å². The molecule has 41 heavy (non-hydrogen) atoms. The molecule has 4 aliphatic rings. The molecule has 4 fully saturated rings. The summed E-state index contributed by atoms with van der Waals surface area (Å²) in [4.78, 5) is 18.2. The van der Waals surface area contributed by atoms with Gasteiger partial charge in [0.1, 0.15) is 24.2 Å². The first-order valence-corrected chi connectivity index (χ1v) is 14.9. The Morgan fingerprint density at radius 3 is 2.61 bits per heavy atom. The van der Waals surface area contributed by atoms with Crippen LogP contribution in [-0.2, 0) is 0 Å². The largest absolute Gasteiger partial charge is 0.434 e. The van der Waals surface area contributed by atoms with Gasteiger partial charge in [-0.15, -0.1) is 10.2 Å². The quantitative estimate of drug-likeness (QED) is 0.416. The maximum absolute atomic E-state index is 14.5. The van der Waals surface area contributed by atoms with Gasteiger partial charge in [0.25, 0.3) is 5.88 Å². The predicted octanol–water partition coefficient (Wildman–Crippen LogP) is 4.84. The number of likely N-dealkylation sites (tertiary alicyclic amines) is 1. The van der Waals surface area contributed by atoms with Crippen LogP contribution < -0.4 is 9.64 Å². The van der Waals surface area contributed by atoms with Crippen molar-refractivity contribution in [2.45, 2.75) is 70.4 Å². The number of halogens is 1. The van der Waals surface area contributed by atoms with Gasteiger partial charge in [0.2, 0.25) is 0 Å². The third-order valence-corrected chi connectivity index (χ3v) is 9.52. The first-order valence-electron chi connectivity index (χ1n) is 14.9. The lowest BCUT2D eigenvalue weighted by Gasteiger charge is -2.58. The van der Waals surface area contributed by atoms with Crippen molar-refractivity contribution in [1.29, 1.82) is 0 Å². The van der Waals surface area contributed by atoms with Crippen LogP contribution in [0.15, 0.2) is 37.1 Å². The van der Waals surface area contributed by atoms with Crippen LogP contribution in [0.1, 0.15) is 64.5 Å². The van der Waals surface area contributed by atoms with Gasteiger partial charge in [-0.05, 0) is 69.1 Å². The maximum atomic E-state index is 14.5. The van der Waals surface area contributed by atoms with Gasteiger partial charge in [0.15, 0.2) is 5.82 Å². The fraction of sp³-hybridized carbons (Fsp3) is 0.581. The summed E-state index contributed by atoms with van der Waals surface area (Å²) >= 11 is 0. The second-order valence-corrected chi connectivity index (χ2v) is 13.4. The topological polar surface area (TPSA) is 100 Å². The molecule has 7 rings (SSSR count). The molecule has 1 spiro atoms. The Morgan fingerprint density at radius 1 is 1.07 bits per heavy atom. The monoisotopic (exact) mass is 559 g/mol. The molecule has 2 aromatic heterocycles. The standard InChI is InChI=1S/C31H38FN7O2/c1-19(2)27(21-11-30(3,40)12-21)39-15-31(16-39)8-9-38(14-31)28-29(37-36-18-35-28)41-25-7-6-22(32)10-23(25)24-13-33-17-34-26(24)20-4-5-20/h6-7,10,13,17-21,27,40H,4-5,8-9,11-12,14-16H2,1-3H3/t21?,27-,30?/m0/s1. The van der Waals surface area contributed by atoms with E-state index in [9.17, 15) is 9.50 Å². The summed E-state index contributed by atoms with van der Waals surface area (Å²) in [5.41, 5.74) is 2.02. The van der Waals surface area contributed by atoms with E-state index in [1.807, 2.05) is 6.92 Å². The van der Waals surface area contributed by atoms with Crippen LogP contribution >= 0.6 is 0 Å². The molecule has 2 saturated heterocycles. The minimum atomic E-state index is -0.502. The molecule has 0 unspecified atom stereocenters. The number of nitrogens with zero attached hydrogens (tertiary/aromatic N) is 7. The third-order valence-electron chi connectivity index (χ3n) is 9.52. The van der Waals surface area contributed by atoms with Crippen LogP contribution in [0.25, 0.3) is 11.1 Å². The number of hydrogen-bond acceptors (Lipinski definition) is 9. The number of aliphatic hydroxyl groups is 1. The first-order chi connectivity index (χ1) is 19.7. The summed E-state index contributed by atoms with van der Waals surface area (Å²) < 4.78 is 20.8. The number of hydrogen-bond donors (Lipinski definition) is 1. The number of anilines is 1. The fourth-order valence-corrected chi connectivity index (χ4v) is 7.65. The number of rotatable bonds is 8. The van der Waals surface area contributed by atoms with E-state index in [2.05, 4.69) is 48.8 Å². The lowest BCUT2D eigenvalue weighted by atomic mass is 9.64. The van der Waals surface area contributed by atoms with E-state index in [4.69, 9.17) is 4.74 Å². The Morgan fingerprint density at radius 2 is 1.88 bits per heavy atom. The highest BCUT2D eigenvalue weighted by Crippen LogP contribution is 2.50. The lowest BCUT2D eigenvalue weighted by Crippen LogP contribution is -2.65. The molecule has 1 aromatic carbocycles. The molecule has 2 saturated carbocycles. The normalized spacial score (nSPS) is 26.2. The van der Waals surface area contributed by atoms with Crippen molar-refractivity contribution in [3.05, 3.63) is 48.6 Å². The zero-order valence-corrected chi connectivity index (χ0v) is 24.0. The zero-order chi connectivity index (χ0) is 28.4. The first kappa shape index (κ1) is 26.6. The Balaban J connectivity index is 1.09. The number of benzene rings is 1. The molecule has 4 heterocycles. The molecule has 1 atom stereocenters. The van der Waals surface area contributed by atoms with E-state index in [1.165, 1.54) is 18.5 Å². The molecule has 2 aliphatic heterocycles. The second kappa shape index (κ2) is 9.94. The van der Waals surface area contributed by atoms with Crippen molar-refractivity contribution in [3.8, 4) is 22.8 Å². The van der Waals surface area contributed by atoms with Crippen molar-refractivity contribution >= 4 is 5.82 Å². The van der Waals surface area contributed by atoms with Gasteiger partial charge < -0.3 is 14.7 Å². The average molecular weight is 560 g/mol. The minimum absolute atomic E-state index is 0.212. The van der Waals surface area contributed by atoms with Crippen LogP contribution in [0, 0.1) is 23.1 Å². The van der Waals surface area contributed by atoms with Gasteiger partial charge in [-0.3, -0.25) is 4.90 Å². The molecule has 0 amide bonds. The Bertz CT molecular complexity index is 1430. The second-order valence-electron chi connectivity index (χ2n) is 13.4. The van der Waals surface area contributed by atoms with Gasteiger partial charge in [0.05, 0.1) is 11.3 Å². The number of ether oxygens (including phenoxy) is 1. The maximum Gasteiger partial charge on any atom is 0.282 e. The summed E-state index contributed by atoms with van der Waals surface area (Å²) in [6, 6.07) is 5.01. The molecular weight excluding hydrogens is 521 g/mol. The van der Waals surface area contributed by atoms with Gasteiger partial charge in [0, 0.05) is 60.9 Å². The molecule has 3 aromatic rings. The van der Waals surface area contributed by atoms with Crippen LogP contribution in [0.4, 0.5) is 10.2 Å². The van der Waals surface area contributed by atoms with Gasteiger partial charge in [-0.25, -0.2) is 19.3 Å². The molecule has 0 radical (unpaired) electrons. The molecule has 0 bridgehead atoms. The summed E-state index contributed by atoms with van der Waals surface area (Å²) in [5, 5.41) is 18.7. The van der Waals surface area contributed by atoms with Crippen LogP contribution in [0.2, 0.25) is 0 Å². The minimum Gasteiger partial charge on any atom is -0.434 e. The molecular formula is C31H38FN7O2. The molecule has 2 aliphatic carbocycles. The average Bonchev–Trinajstić information content (AvgIpc) is 3.67. The van der Waals surface area contributed by atoms with Crippen molar-refractivity contribution in [2.24, 2.45) is 17.3 Å². The fourth-order valence-electron chi connectivity index (χ4n) is 7.65. The van der Waals surface area contributed by atoms with Crippen molar-refractivity contribution in [3.63, 3.8) is 0 Å². The summed E-state index contributed by atoms with van der Waals surface area (Å²) in [5.74, 6) is 2.59. The highest BCUT2D eigenvalue weighted by Gasteiger charge is 2.54. The Labute approximate surface area is 240 Å². The zero-order valence-electron chi connectivity index (χ0n) is 24.0. The Kier molecular flexibility index (Phi) is 6.46. The van der Waals surface area contributed by atoms with Gasteiger partial charge >= 0.3 is 0 Å². The molecule has 10 heteroatoms. The summed E-state index contributed by atoms with van der Waals surface area (Å²) in [6.45, 7) is 10.4. The van der Waals surface area contributed by atoms with Crippen LogP contribution in [0.5, 0.6) is 11.6 Å². The summed E-state index contributed by atoms with van der Waals surface area (Å²) in [6.07, 6.45) is 9.74. The van der Waals surface area contributed by atoms with E-state index >= 15 is 0 Å². The van der Waals surface area contributed by atoms with Crippen LogP contribution in [0.3, 0.4) is 0 Å². The third kappa shape index (κ3) is 5.05. The smallest absolute Gasteiger partial charge is 0.282 e. The van der Waals surface area contributed by atoms with Gasteiger partial charge in [-0.2, -0.15) is 0 Å². The summed E-state index contributed by atoms with van der Waals surface area (Å²) in [7, 11) is 0. The van der Waals surface area contributed by atoms with E-state index in [0.717, 1.165) is 69.5 Å². The van der Waals surface area contributed by atoms with Crippen molar-refractivity contribution < 1.29 is 14.2 Å². The Hall–Kier alpha value is -3.24. The van der Waals surface area contributed by atoms with Crippen LogP contribution in [-0.4, -0.2) is 73.0 Å². The van der Waals surface area contributed by atoms with E-state index in [-0.39, 0.29) is 11.2 Å². The highest BCUT2D eigenvalue weighted by molar-refractivity contribution is 5.73. The lowest BCUT2D eigenvalue weighted by molar-refractivity contribution is -0.125.